The number of aryl methyl sites for hydroxylation is 1. The summed E-state index contributed by atoms with van der Waals surface area (Å²) in [6.07, 6.45) is 2.55. The summed E-state index contributed by atoms with van der Waals surface area (Å²) in [4.78, 5) is 23.3. The third-order valence-corrected chi connectivity index (χ3v) is 2.55. The zero-order chi connectivity index (χ0) is 15.0. The molecule has 112 valence electrons. The highest BCUT2D eigenvalue weighted by Gasteiger charge is 2.15. The number of ether oxygens (including phenoxy) is 2. The van der Waals surface area contributed by atoms with Crippen molar-refractivity contribution in [2.45, 2.75) is 19.9 Å². The van der Waals surface area contributed by atoms with Crippen LogP contribution in [0.2, 0.25) is 0 Å². The summed E-state index contributed by atoms with van der Waals surface area (Å²) in [6.45, 7) is 3.14. The maximum absolute atomic E-state index is 11.9. The molecule has 0 spiro atoms. The predicted molar refractivity (Wildman–Crippen MR) is 74.3 cm³/mol. The van der Waals surface area contributed by atoms with Gasteiger partial charge in [0.05, 0.1) is 12.3 Å². The summed E-state index contributed by atoms with van der Waals surface area (Å²) < 4.78 is 11.5. The fraction of sp³-hybridized carbons (Fsp3) is 0.538. The molecule has 0 aliphatic rings. The van der Waals surface area contributed by atoms with Gasteiger partial charge < -0.3 is 25.1 Å². The van der Waals surface area contributed by atoms with E-state index < -0.39 is 5.97 Å². The average Bonchev–Trinajstić information content (AvgIpc) is 2.78. The molecule has 0 radical (unpaired) electrons. The van der Waals surface area contributed by atoms with Gasteiger partial charge in [0.1, 0.15) is 5.69 Å². The average molecular weight is 283 g/mol. The Morgan fingerprint density at radius 1 is 1.45 bits per heavy atom. The largest absolute Gasteiger partial charge is 0.451 e. The Balaban J connectivity index is 2.48. The van der Waals surface area contributed by atoms with Gasteiger partial charge in [0.2, 0.25) is 0 Å². The van der Waals surface area contributed by atoms with Crippen LogP contribution in [0, 0.1) is 0 Å². The Morgan fingerprint density at radius 2 is 2.20 bits per heavy atom. The minimum absolute atomic E-state index is 0.320. The molecule has 1 amide bonds. The number of esters is 1. The van der Waals surface area contributed by atoms with Crippen molar-refractivity contribution in [2.75, 3.05) is 32.6 Å². The van der Waals surface area contributed by atoms with Crippen molar-refractivity contribution in [3.05, 3.63) is 18.0 Å². The molecule has 0 unspecified atom stereocenters. The van der Waals surface area contributed by atoms with E-state index in [2.05, 4.69) is 5.32 Å². The van der Waals surface area contributed by atoms with E-state index >= 15 is 0 Å². The second-order valence-corrected chi connectivity index (χ2v) is 4.27. The molecule has 0 aliphatic heterocycles. The van der Waals surface area contributed by atoms with Crippen LogP contribution in [0.5, 0.6) is 0 Å². The SMILES string of the molecule is CCCn1cc(N)cc1C(=O)OCC(=O)NCCOC. The number of carbonyl (C=O) groups excluding carboxylic acids is 2. The first-order valence-corrected chi connectivity index (χ1v) is 6.46. The molecule has 0 saturated carbocycles. The maximum Gasteiger partial charge on any atom is 0.355 e. The first-order valence-electron chi connectivity index (χ1n) is 6.46. The van der Waals surface area contributed by atoms with E-state index in [0.717, 1.165) is 6.42 Å². The highest BCUT2D eigenvalue weighted by molar-refractivity contribution is 5.91. The third kappa shape index (κ3) is 4.93. The van der Waals surface area contributed by atoms with E-state index in [-0.39, 0.29) is 12.5 Å². The van der Waals surface area contributed by atoms with Crippen molar-refractivity contribution in [1.29, 1.82) is 0 Å². The van der Waals surface area contributed by atoms with E-state index in [0.29, 0.717) is 31.1 Å². The number of nitrogens with zero attached hydrogens (tertiary/aromatic N) is 1. The van der Waals surface area contributed by atoms with Gasteiger partial charge in [-0.2, -0.15) is 0 Å². The number of hydrogen-bond acceptors (Lipinski definition) is 5. The standard InChI is InChI=1S/C13H21N3O4/c1-3-5-16-8-10(14)7-11(16)13(18)20-9-12(17)15-4-6-19-2/h7-8H,3-6,9,14H2,1-2H3,(H,15,17). The van der Waals surface area contributed by atoms with Gasteiger partial charge in [0.25, 0.3) is 5.91 Å². The van der Waals surface area contributed by atoms with Crippen LogP contribution in [-0.2, 0) is 20.8 Å². The summed E-state index contributed by atoms with van der Waals surface area (Å²) in [5.41, 5.74) is 6.51. The molecule has 0 saturated heterocycles. The lowest BCUT2D eigenvalue weighted by molar-refractivity contribution is -0.124. The highest BCUT2D eigenvalue weighted by Crippen LogP contribution is 2.12. The monoisotopic (exact) mass is 283 g/mol. The van der Waals surface area contributed by atoms with Crippen LogP contribution in [0.15, 0.2) is 12.3 Å². The number of aromatic nitrogens is 1. The molecule has 0 atom stereocenters. The van der Waals surface area contributed by atoms with Crippen LogP contribution >= 0.6 is 0 Å². The molecule has 0 aromatic carbocycles. The lowest BCUT2D eigenvalue weighted by Crippen LogP contribution is -2.31. The number of carbonyl (C=O) groups is 2. The summed E-state index contributed by atoms with van der Waals surface area (Å²) in [7, 11) is 1.54. The molecule has 7 nitrogen and oxygen atoms in total. The normalized spacial score (nSPS) is 10.3. The van der Waals surface area contributed by atoms with Gasteiger partial charge in [-0.05, 0) is 12.5 Å². The Morgan fingerprint density at radius 3 is 2.85 bits per heavy atom. The Hall–Kier alpha value is -2.02. The summed E-state index contributed by atoms with van der Waals surface area (Å²) in [5, 5.41) is 2.56. The number of hydrogen-bond donors (Lipinski definition) is 2. The van der Waals surface area contributed by atoms with E-state index in [1.807, 2.05) is 6.92 Å². The number of nitrogen functional groups attached to an aromatic ring is 1. The zero-order valence-electron chi connectivity index (χ0n) is 11.8. The van der Waals surface area contributed by atoms with Gasteiger partial charge >= 0.3 is 5.97 Å². The fourth-order valence-electron chi connectivity index (χ4n) is 1.68. The first-order chi connectivity index (χ1) is 9.58. The lowest BCUT2D eigenvalue weighted by atomic mass is 10.4. The molecule has 3 N–H and O–H groups in total. The number of rotatable bonds is 8. The molecule has 0 aliphatic carbocycles. The van der Waals surface area contributed by atoms with Crippen LogP contribution in [0.4, 0.5) is 5.69 Å². The van der Waals surface area contributed by atoms with Crippen molar-refractivity contribution >= 4 is 17.6 Å². The second-order valence-electron chi connectivity index (χ2n) is 4.27. The Bertz CT molecular complexity index is 456. The smallest absolute Gasteiger partial charge is 0.355 e. The van der Waals surface area contributed by atoms with Crippen molar-refractivity contribution in [3.63, 3.8) is 0 Å². The van der Waals surface area contributed by atoms with Crippen LogP contribution in [0.1, 0.15) is 23.8 Å². The van der Waals surface area contributed by atoms with Crippen molar-refractivity contribution < 1.29 is 19.1 Å². The quantitative estimate of drug-likeness (QED) is 0.532. The summed E-state index contributed by atoms with van der Waals surface area (Å²) in [6, 6.07) is 1.54. The van der Waals surface area contributed by atoms with Crippen LogP contribution in [0.3, 0.4) is 0 Å². The molecular formula is C13H21N3O4. The molecular weight excluding hydrogens is 262 g/mol. The Kier molecular flexibility index (Phi) is 6.58. The van der Waals surface area contributed by atoms with Crippen LogP contribution in [0.25, 0.3) is 0 Å². The highest BCUT2D eigenvalue weighted by atomic mass is 16.5. The van der Waals surface area contributed by atoms with Crippen molar-refractivity contribution in [2.24, 2.45) is 0 Å². The van der Waals surface area contributed by atoms with Gasteiger partial charge in [0, 0.05) is 26.4 Å². The van der Waals surface area contributed by atoms with Gasteiger partial charge in [-0.3, -0.25) is 4.79 Å². The van der Waals surface area contributed by atoms with Crippen molar-refractivity contribution in [3.8, 4) is 0 Å². The Labute approximate surface area is 118 Å². The number of anilines is 1. The number of nitrogens with two attached hydrogens (primary N) is 1. The van der Waals surface area contributed by atoms with E-state index in [1.54, 1.807) is 23.9 Å². The van der Waals surface area contributed by atoms with Gasteiger partial charge in [-0.25, -0.2) is 4.79 Å². The topological polar surface area (TPSA) is 95.6 Å². The van der Waals surface area contributed by atoms with Crippen LogP contribution < -0.4 is 11.1 Å². The predicted octanol–water partition coefficient (Wildman–Crippen LogP) is 0.400. The molecule has 0 fully saturated rings. The van der Waals surface area contributed by atoms with E-state index in [1.165, 1.54) is 0 Å². The van der Waals surface area contributed by atoms with Gasteiger partial charge in [0.15, 0.2) is 6.61 Å². The number of methoxy groups -OCH3 is 1. The van der Waals surface area contributed by atoms with Gasteiger partial charge in [-0.1, -0.05) is 6.92 Å². The van der Waals surface area contributed by atoms with E-state index in [4.69, 9.17) is 15.2 Å². The minimum Gasteiger partial charge on any atom is -0.451 e. The summed E-state index contributed by atoms with van der Waals surface area (Å²) >= 11 is 0. The molecule has 1 heterocycles. The van der Waals surface area contributed by atoms with Gasteiger partial charge in [-0.15, -0.1) is 0 Å². The van der Waals surface area contributed by atoms with Crippen LogP contribution in [-0.4, -0.2) is 43.3 Å². The molecule has 1 aromatic heterocycles. The second kappa shape index (κ2) is 8.21. The number of nitrogens with one attached hydrogen (secondary N) is 1. The molecule has 1 aromatic rings. The third-order valence-electron chi connectivity index (χ3n) is 2.55. The zero-order valence-corrected chi connectivity index (χ0v) is 11.8. The molecule has 0 bridgehead atoms. The van der Waals surface area contributed by atoms with E-state index in [9.17, 15) is 9.59 Å². The fourth-order valence-corrected chi connectivity index (χ4v) is 1.68. The first kappa shape index (κ1) is 16.0. The minimum atomic E-state index is -0.558. The van der Waals surface area contributed by atoms with Crippen molar-refractivity contribution in [1.82, 2.24) is 9.88 Å². The molecule has 1 rings (SSSR count). The lowest BCUT2D eigenvalue weighted by Gasteiger charge is -2.08. The summed E-state index contributed by atoms with van der Waals surface area (Å²) in [5.74, 6) is -0.922. The maximum atomic E-state index is 11.9. The molecule has 20 heavy (non-hydrogen) atoms. The molecule has 7 heteroatoms. The number of amides is 1.